The second-order valence-corrected chi connectivity index (χ2v) is 8.19. The SMILES string of the molecule is Cc1ccc(S(=O)(=O)Cc2noc(CCC(=O)Nc3ccccc3F)n2)cc1. The fourth-order valence-electron chi connectivity index (χ4n) is 2.44. The third-order valence-corrected chi connectivity index (χ3v) is 5.55. The van der Waals surface area contributed by atoms with E-state index in [9.17, 15) is 17.6 Å². The highest BCUT2D eigenvalue weighted by Crippen LogP contribution is 2.16. The zero-order valence-electron chi connectivity index (χ0n) is 15.1. The summed E-state index contributed by atoms with van der Waals surface area (Å²) < 4.78 is 43.3. The normalized spacial score (nSPS) is 11.4. The highest BCUT2D eigenvalue weighted by atomic mass is 32.2. The Morgan fingerprint density at radius 3 is 2.57 bits per heavy atom. The summed E-state index contributed by atoms with van der Waals surface area (Å²) in [5, 5.41) is 6.12. The van der Waals surface area contributed by atoms with Crippen LogP contribution in [0.3, 0.4) is 0 Å². The van der Waals surface area contributed by atoms with Crippen LogP contribution in [0.1, 0.15) is 23.7 Å². The van der Waals surface area contributed by atoms with Gasteiger partial charge in [-0.1, -0.05) is 35.0 Å². The summed E-state index contributed by atoms with van der Waals surface area (Å²) in [6, 6.07) is 12.3. The summed E-state index contributed by atoms with van der Waals surface area (Å²) in [5.74, 6) is -1.20. The van der Waals surface area contributed by atoms with Crippen molar-refractivity contribution in [2.24, 2.45) is 0 Å². The number of benzene rings is 2. The molecule has 3 rings (SSSR count). The molecule has 0 unspecified atom stereocenters. The van der Waals surface area contributed by atoms with Crippen molar-refractivity contribution in [3.8, 4) is 0 Å². The van der Waals surface area contributed by atoms with E-state index < -0.39 is 27.3 Å². The molecular weight excluding hydrogens is 385 g/mol. The molecule has 1 amide bonds. The third kappa shape index (κ3) is 5.01. The van der Waals surface area contributed by atoms with Crippen molar-refractivity contribution in [3.63, 3.8) is 0 Å². The van der Waals surface area contributed by atoms with Crippen molar-refractivity contribution in [1.29, 1.82) is 0 Å². The number of carbonyl (C=O) groups is 1. The average Bonchev–Trinajstić information content (AvgIpc) is 3.09. The molecular formula is C19H18FN3O4S. The fraction of sp³-hybridized carbons (Fsp3) is 0.211. The topological polar surface area (TPSA) is 102 Å². The number of halogens is 1. The molecule has 0 bridgehead atoms. The number of nitrogens with one attached hydrogen (secondary N) is 1. The number of para-hydroxylation sites is 1. The minimum absolute atomic E-state index is 0.0132. The van der Waals surface area contributed by atoms with Gasteiger partial charge in [0, 0.05) is 12.8 Å². The van der Waals surface area contributed by atoms with Crippen LogP contribution in [0, 0.1) is 12.7 Å². The van der Waals surface area contributed by atoms with Crippen LogP contribution in [0.5, 0.6) is 0 Å². The molecule has 0 aliphatic rings. The monoisotopic (exact) mass is 403 g/mol. The van der Waals surface area contributed by atoms with Crippen LogP contribution in [0.25, 0.3) is 0 Å². The van der Waals surface area contributed by atoms with Crippen molar-refractivity contribution in [2.75, 3.05) is 5.32 Å². The Kier molecular flexibility index (Phi) is 5.84. The fourth-order valence-corrected chi connectivity index (χ4v) is 3.62. The lowest BCUT2D eigenvalue weighted by molar-refractivity contribution is -0.116. The molecule has 0 aliphatic heterocycles. The van der Waals surface area contributed by atoms with Crippen LogP contribution in [0.4, 0.5) is 10.1 Å². The number of hydrogen-bond donors (Lipinski definition) is 1. The molecule has 0 fully saturated rings. The Morgan fingerprint density at radius 1 is 1.14 bits per heavy atom. The van der Waals surface area contributed by atoms with Gasteiger partial charge in [-0.05, 0) is 31.2 Å². The number of aromatic nitrogens is 2. The molecule has 1 heterocycles. The number of carbonyl (C=O) groups excluding carboxylic acids is 1. The maximum Gasteiger partial charge on any atom is 0.227 e. The molecule has 0 aliphatic carbocycles. The van der Waals surface area contributed by atoms with Crippen LogP contribution in [-0.2, 0) is 26.8 Å². The van der Waals surface area contributed by atoms with Crippen LogP contribution in [-0.4, -0.2) is 24.5 Å². The Bertz CT molecular complexity index is 1080. The highest BCUT2D eigenvalue weighted by Gasteiger charge is 2.19. The van der Waals surface area contributed by atoms with E-state index in [-0.39, 0.29) is 35.1 Å². The average molecular weight is 403 g/mol. The zero-order chi connectivity index (χ0) is 20.1. The standard InChI is InChI=1S/C19H18FN3O4S/c1-13-6-8-14(9-7-13)28(25,26)12-17-22-19(27-23-17)11-10-18(24)21-16-5-3-2-4-15(16)20/h2-9H,10-12H2,1H3,(H,21,24). The largest absolute Gasteiger partial charge is 0.339 e. The highest BCUT2D eigenvalue weighted by molar-refractivity contribution is 7.90. The third-order valence-electron chi connectivity index (χ3n) is 3.92. The maximum absolute atomic E-state index is 13.5. The quantitative estimate of drug-likeness (QED) is 0.650. The first-order chi connectivity index (χ1) is 13.3. The minimum atomic E-state index is -3.60. The molecule has 146 valence electrons. The Labute approximate surface area is 161 Å². The van der Waals surface area contributed by atoms with E-state index in [2.05, 4.69) is 15.5 Å². The van der Waals surface area contributed by atoms with Gasteiger partial charge in [-0.15, -0.1) is 0 Å². The molecule has 0 saturated heterocycles. The molecule has 3 aromatic rings. The molecule has 9 heteroatoms. The van der Waals surface area contributed by atoms with Crippen LogP contribution >= 0.6 is 0 Å². The lowest BCUT2D eigenvalue weighted by atomic mass is 10.2. The Balaban J connectivity index is 1.57. The van der Waals surface area contributed by atoms with E-state index in [1.54, 1.807) is 18.2 Å². The first-order valence-electron chi connectivity index (χ1n) is 8.49. The molecule has 0 radical (unpaired) electrons. The van der Waals surface area contributed by atoms with Gasteiger partial charge in [0.05, 0.1) is 10.6 Å². The van der Waals surface area contributed by atoms with E-state index in [1.807, 2.05) is 6.92 Å². The second-order valence-electron chi connectivity index (χ2n) is 6.20. The molecule has 7 nitrogen and oxygen atoms in total. The molecule has 0 spiro atoms. The van der Waals surface area contributed by atoms with E-state index in [1.165, 1.54) is 30.3 Å². The summed E-state index contributed by atoms with van der Waals surface area (Å²) in [5.41, 5.74) is 1.04. The van der Waals surface area contributed by atoms with Gasteiger partial charge in [0.1, 0.15) is 11.6 Å². The number of rotatable bonds is 7. The van der Waals surface area contributed by atoms with Gasteiger partial charge in [-0.25, -0.2) is 12.8 Å². The number of aryl methyl sites for hydroxylation is 2. The summed E-state index contributed by atoms with van der Waals surface area (Å²) in [6.45, 7) is 1.87. The van der Waals surface area contributed by atoms with Gasteiger partial charge in [0.2, 0.25) is 11.8 Å². The Hall–Kier alpha value is -3.07. The minimum Gasteiger partial charge on any atom is -0.339 e. The van der Waals surface area contributed by atoms with Gasteiger partial charge >= 0.3 is 0 Å². The van der Waals surface area contributed by atoms with Crippen LogP contribution < -0.4 is 5.32 Å². The molecule has 1 N–H and O–H groups in total. The molecule has 2 aromatic carbocycles. The van der Waals surface area contributed by atoms with Crippen LogP contribution in [0.15, 0.2) is 57.9 Å². The molecule has 1 aromatic heterocycles. The van der Waals surface area contributed by atoms with Gasteiger partial charge < -0.3 is 9.84 Å². The summed E-state index contributed by atoms with van der Waals surface area (Å²) in [4.78, 5) is 16.1. The second kappa shape index (κ2) is 8.30. The van der Waals surface area contributed by atoms with Gasteiger partial charge in [0.25, 0.3) is 0 Å². The van der Waals surface area contributed by atoms with Crippen molar-refractivity contribution >= 4 is 21.4 Å². The first kappa shape index (κ1) is 19.7. The molecule has 0 saturated carbocycles. The van der Waals surface area contributed by atoms with Crippen molar-refractivity contribution in [3.05, 3.63) is 71.6 Å². The molecule has 0 atom stereocenters. The van der Waals surface area contributed by atoms with Crippen molar-refractivity contribution < 1.29 is 22.1 Å². The van der Waals surface area contributed by atoms with Crippen molar-refractivity contribution in [2.45, 2.75) is 30.4 Å². The van der Waals surface area contributed by atoms with E-state index in [0.29, 0.717) is 0 Å². The lowest BCUT2D eigenvalue weighted by Crippen LogP contribution is -2.13. The number of anilines is 1. The number of nitrogens with zero attached hydrogens (tertiary/aromatic N) is 2. The lowest BCUT2D eigenvalue weighted by Gasteiger charge is -2.04. The Morgan fingerprint density at radius 2 is 1.86 bits per heavy atom. The van der Waals surface area contributed by atoms with Crippen LogP contribution in [0.2, 0.25) is 0 Å². The van der Waals surface area contributed by atoms with Gasteiger partial charge in [-0.2, -0.15) is 4.98 Å². The maximum atomic E-state index is 13.5. The summed E-state index contributed by atoms with van der Waals surface area (Å²) >= 11 is 0. The van der Waals surface area contributed by atoms with Gasteiger partial charge in [0.15, 0.2) is 15.7 Å². The smallest absolute Gasteiger partial charge is 0.227 e. The number of amides is 1. The first-order valence-corrected chi connectivity index (χ1v) is 10.1. The van der Waals surface area contributed by atoms with E-state index >= 15 is 0 Å². The van der Waals surface area contributed by atoms with E-state index in [0.717, 1.165) is 5.56 Å². The van der Waals surface area contributed by atoms with E-state index in [4.69, 9.17) is 4.52 Å². The zero-order valence-corrected chi connectivity index (χ0v) is 15.9. The van der Waals surface area contributed by atoms with Crippen molar-refractivity contribution in [1.82, 2.24) is 10.1 Å². The predicted molar refractivity (Wildman–Crippen MR) is 99.7 cm³/mol. The number of hydrogen-bond acceptors (Lipinski definition) is 6. The predicted octanol–water partition coefficient (Wildman–Crippen LogP) is 3.06. The molecule has 28 heavy (non-hydrogen) atoms. The number of sulfone groups is 1. The summed E-state index contributed by atoms with van der Waals surface area (Å²) in [7, 11) is -3.60. The van der Waals surface area contributed by atoms with Gasteiger partial charge in [-0.3, -0.25) is 4.79 Å². The summed E-state index contributed by atoms with van der Waals surface area (Å²) in [6.07, 6.45) is 0.0958.